The van der Waals surface area contributed by atoms with Crippen LogP contribution in [0.2, 0.25) is 0 Å². The van der Waals surface area contributed by atoms with Crippen molar-refractivity contribution < 1.29 is 0 Å². The molecule has 0 aliphatic heterocycles. The van der Waals surface area contributed by atoms with Crippen molar-refractivity contribution >= 4 is 61.4 Å². The molecule has 0 aromatic carbocycles. The van der Waals surface area contributed by atoms with Crippen LogP contribution in [0.4, 0.5) is 0 Å². The molecule has 0 aliphatic rings. The van der Waals surface area contributed by atoms with Gasteiger partial charge < -0.3 is 0 Å². The second-order valence-corrected chi connectivity index (χ2v) is 9.78. The summed E-state index contributed by atoms with van der Waals surface area (Å²) < 4.78 is 0. The smallest absolute Gasteiger partial charge is 0.0107 e. The van der Waals surface area contributed by atoms with Gasteiger partial charge >= 0.3 is 0 Å². The van der Waals surface area contributed by atoms with Gasteiger partial charge in [0.25, 0.3) is 0 Å². The van der Waals surface area contributed by atoms with Crippen molar-refractivity contribution in [2.75, 3.05) is 28.8 Å². The summed E-state index contributed by atoms with van der Waals surface area (Å²) in [6, 6.07) is 0. The largest absolute Gasteiger partial charge is 0.179 e. The lowest BCUT2D eigenvalue weighted by atomic mass is 10.1. The minimum Gasteiger partial charge on any atom is -0.179 e. The molecule has 21 heavy (non-hydrogen) atoms. The van der Waals surface area contributed by atoms with Crippen molar-refractivity contribution in [3.05, 3.63) is 0 Å². The molecule has 0 spiro atoms. The van der Waals surface area contributed by atoms with Gasteiger partial charge in [0.2, 0.25) is 0 Å². The van der Waals surface area contributed by atoms with Crippen LogP contribution in [-0.2, 0) is 0 Å². The molecule has 0 saturated carbocycles. The van der Waals surface area contributed by atoms with Gasteiger partial charge in [0, 0.05) is 33.5 Å². The Morgan fingerprint density at radius 1 is 0.762 bits per heavy atom. The summed E-state index contributed by atoms with van der Waals surface area (Å²) in [7, 11) is 0. The van der Waals surface area contributed by atoms with Crippen LogP contribution < -0.4 is 0 Å². The summed E-state index contributed by atoms with van der Waals surface area (Å²) in [6.07, 6.45) is 10.5. The first-order valence-electron chi connectivity index (χ1n) is 8.33. The van der Waals surface area contributed by atoms with Gasteiger partial charge in [-0.2, -0.15) is 61.4 Å². The fraction of sp³-hybridized carbons (Fsp3) is 1.00. The van der Waals surface area contributed by atoms with E-state index in [-0.39, 0.29) is 0 Å². The molecule has 5 heteroatoms. The molecule has 128 valence electrons. The zero-order valence-electron chi connectivity index (χ0n) is 13.5. The highest BCUT2D eigenvalue weighted by atomic mass is 32.2. The first-order valence-corrected chi connectivity index (χ1v) is 12.3. The number of rotatable bonds is 16. The SMILES string of the molecule is CCCCCCC(S)CCCC(S)CSCCSCCS. The Bertz CT molecular complexity index is 201. The van der Waals surface area contributed by atoms with Crippen molar-refractivity contribution in [1.29, 1.82) is 0 Å². The lowest BCUT2D eigenvalue weighted by molar-refractivity contribution is 0.578. The predicted molar refractivity (Wildman–Crippen MR) is 117 cm³/mol. The molecule has 0 fully saturated rings. The lowest BCUT2D eigenvalue weighted by Gasteiger charge is -2.13. The van der Waals surface area contributed by atoms with E-state index in [0.717, 1.165) is 5.75 Å². The van der Waals surface area contributed by atoms with E-state index in [0.29, 0.717) is 10.5 Å². The molecular formula is C16H34S5. The molecule has 0 nitrogen and oxygen atoms in total. The van der Waals surface area contributed by atoms with Crippen molar-refractivity contribution in [2.24, 2.45) is 0 Å². The summed E-state index contributed by atoms with van der Waals surface area (Å²) in [5.74, 6) is 5.87. The number of unbranched alkanes of at least 4 members (excludes halogenated alkanes) is 3. The minimum atomic E-state index is 0.561. The Morgan fingerprint density at radius 2 is 1.43 bits per heavy atom. The van der Waals surface area contributed by atoms with Crippen LogP contribution in [0.3, 0.4) is 0 Å². The molecule has 0 radical (unpaired) electrons. The second-order valence-electron chi connectivity index (χ2n) is 5.50. The van der Waals surface area contributed by atoms with E-state index in [9.17, 15) is 0 Å². The maximum absolute atomic E-state index is 4.71. The van der Waals surface area contributed by atoms with E-state index in [1.807, 2.05) is 23.5 Å². The lowest BCUT2D eigenvalue weighted by Crippen LogP contribution is -2.06. The highest BCUT2D eigenvalue weighted by molar-refractivity contribution is 8.03. The molecule has 0 aromatic rings. The van der Waals surface area contributed by atoms with E-state index in [1.54, 1.807) is 0 Å². The summed E-state index contributed by atoms with van der Waals surface area (Å²) in [5.41, 5.74) is 0. The van der Waals surface area contributed by atoms with Gasteiger partial charge in [-0.3, -0.25) is 0 Å². The van der Waals surface area contributed by atoms with E-state index in [1.165, 1.54) is 74.4 Å². The van der Waals surface area contributed by atoms with E-state index >= 15 is 0 Å². The van der Waals surface area contributed by atoms with Crippen LogP contribution >= 0.6 is 61.4 Å². The van der Waals surface area contributed by atoms with E-state index in [2.05, 4.69) is 19.6 Å². The molecule has 2 unspecified atom stereocenters. The Hall–Kier alpha value is 1.75. The normalized spacial score (nSPS) is 14.3. The van der Waals surface area contributed by atoms with Gasteiger partial charge in [-0.25, -0.2) is 0 Å². The molecule has 0 amide bonds. The highest BCUT2D eigenvalue weighted by Gasteiger charge is 2.07. The summed E-state index contributed by atoms with van der Waals surface area (Å²) in [6.45, 7) is 2.27. The number of thioether (sulfide) groups is 2. The maximum Gasteiger partial charge on any atom is 0.0107 e. The first-order chi connectivity index (χ1) is 10.2. The molecule has 0 N–H and O–H groups in total. The Labute approximate surface area is 158 Å². The van der Waals surface area contributed by atoms with Crippen molar-refractivity contribution in [3.8, 4) is 0 Å². The van der Waals surface area contributed by atoms with Crippen LogP contribution in [-0.4, -0.2) is 39.3 Å². The molecule has 0 aromatic heterocycles. The van der Waals surface area contributed by atoms with Crippen LogP contribution in [0.5, 0.6) is 0 Å². The molecule has 0 bridgehead atoms. The van der Waals surface area contributed by atoms with Gasteiger partial charge in [-0.05, 0) is 25.0 Å². The van der Waals surface area contributed by atoms with Gasteiger partial charge in [0.05, 0.1) is 0 Å². The maximum atomic E-state index is 4.71. The van der Waals surface area contributed by atoms with Crippen LogP contribution in [0.1, 0.15) is 58.3 Å². The van der Waals surface area contributed by atoms with Crippen molar-refractivity contribution in [1.82, 2.24) is 0 Å². The zero-order chi connectivity index (χ0) is 15.8. The molecule has 0 heterocycles. The zero-order valence-corrected chi connectivity index (χ0v) is 17.8. The molecule has 0 rings (SSSR count). The minimum absolute atomic E-state index is 0.561. The van der Waals surface area contributed by atoms with Gasteiger partial charge in [0.15, 0.2) is 0 Å². The third-order valence-electron chi connectivity index (χ3n) is 3.38. The predicted octanol–water partition coefficient (Wildman–Crippen LogP) is 6.12. The molecule has 0 saturated heterocycles. The summed E-state index contributed by atoms with van der Waals surface area (Å²) >= 11 is 17.7. The van der Waals surface area contributed by atoms with Gasteiger partial charge in [-0.1, -0.05) is 39.0 Å². The Morgan fingerprint density at radius 3 is 2.14 bits per heavy atom. The van der Waals surface area contributed by atoms with E-state index in [4.69, 9.17) is 25.3 Å². The standard InChI is InChI=1S/C16H34S5/c1-2-3-4-5-7-15(18)8-6-9-16(19)14-21-13-12-20-11-10-17/h15-19H,2-14H2,1H3. The van der Waals surface area contributed by atoms with Crippen LogP contribution in [0.15, 0.2) is 0 Å². The summed E-state index contributed by atoms with van der Waals surface area (Å²) in [5, 5.41) is 1.16. The highest BCUT2D eigenvalue weighted by Crippen LogP contribution is 2.19. The Kier molecular flexibility index (Phi) is 19.6. The fourth-order valence-electron chi connectivity index (χ4n) is 2.13. The monoisotopic (exact) mass is 386 g/mol. The fourth-order valence-corrected chi connectivity index (χ4v) is 5.26. The molecule has 0 aliphatic carbocycles. The Balaban J connectivity index is 3.29. The third-order valence-corrected chi connectivity index (χ3v) is 7.49. The average molecular weight is 387 g/mol. The third kappa shape index (κ3) is 17.9. The van der Waals surface area contributed by atoms with Gasteiger partial charge in [-0.15, -0.1) is 0 Å². The van der Waals surface area contributed by atoms with Crippen molar-refractivity contribution in [3.63, 3.8) is 0 Å². The number of hydrogen-bond donors (Lipinski definition) is 3. The van der Waals surface area contributed by atoms with E-state index < -0.39 is 0 Å². The molecule has 2 atom stereocenters. The average Bonchev–Trinajstić information content (AvgIpc) is 2.47. The molecular weight excluding hydrogens is 353 g/mol. The van der Waals surface area contributed by atoms with Crippen LogP contribution in [0, 0.1) is 0 Å². The topological polar surface area (TPSA) is 0 Å². The van der Waals surface area contributed by atoms with Gasteiger partial charge in [0.1, 0.15) is 0 Å². The number of hydrogen-bond acceptors (Lipinski definition) is 5. The first kappa shape index (κ1) is 22.8. The van der Waals surface area contributed by atoms with Crippen molar-refractivity contribution in [2.45, 2.75) is 68.8 Å². The second kappa shape index (κ2) is 18.1. The number of thiol groups is 3. The van der Waals surface area contributed by atoms with Crippen LogP contribution in [0.25, 0.3) is 0 Å². The quantitative estimate of drug-likeness (QED) is 0.216. The summed E-state index contributed by atoms with van der Waals surface area (Å²) in [4.78, 5) is 0.